The van der Waals surface area contributed by atoms with Crippen LogP contribution in [0, 0.1) is 5.92 Å². The van der Waals surface area contributed by atoms with Gasteiger partial charge in [-0.15, -0.1) is 0 Å². The number of carboxylic acid groups (broad SMARTS) is 1. The fourth-order valence-corrected chi connectivity index (χ4v) is 3.45. The maximum absolute atomic E-state index is 12.4. The van der Waals surface area contributed by atoms with Crippen LogP contribution in [0.1, 0.15) is 12.8 Å². The molecule has 0 saturated carbocycles. The summed E-state index contributed by atoms with van der Waals surface area (Å²) in [6, 6.07) is -1.39. The zero-order chi connectivity index (χ0) is 15.0. The number of urea groups is 1. The summed E-state index contributed by atoms with van der Waals surface area (Å²) in [5.74, 6) is -0.962. The topological polar surface area (TPSA) is 102 Å². The normalized spacial score (nSPS) is 35.2. The molecule has 3 N–H and O–H groups in total. The number of hydrogen-bond donors (Lipinski definition) is 3. The van der Waals surface area contributed by atoms with Gasteiger partial charge in [0.05, 0.1) is 0 Å². The second-order valence-corrected chi connectivity index (χ2v) is 5.98. The van der Waals surface area contributed by atoms with E-state index in [9.17, 15) is 19.5 Å². The number of carbonyl (C=O) groups excluding carboxylic acids is 2. The van der Waals surface area contributed by atoms with Crippen LogP contribution in [0.3, 0.4) is 0 Å². The summed E-state index contributed by atoms with van der Waals surface area (Å²) >= 11 is 0. The predicted molar refractivity (Wildman–Crippen MR) is 72.6 cm³/mol. The van der Waals surface area contributed by atoms with Crippen LogP contribution in [0.15, 0.2) is 0 Å². The van der Waals surface area contributed by atoms with Gasteiger partial charge in [-0.1, -0.05) is 0 Å². The minimum atomic E-state index is -1.10. The maximum atomic E-state index is 12.4. The van der Waals surface area contributed by atoms with E-state index in [1.165, 1.54) is 0 Å². The number of piperidine rings is 3. The zero-order valence-electron chi connectivity index (χ0n) is 11.7. The summed E-state index contributed by atoms with van der Waals surface area (Å²) in [5, 5.41) is 14.6. The molecule has 0 aromatic heterocycles. The van der Waals surface area contributed by atoms with Gasteiger partial charge in [0.1, 0.15) is 12.6 Å². The summed E-state index contributed by atoms with van der Waals surface area (Å²) < 4.78 is 0. The van der Waals surface area contributed by atoms with Gasteiger partial charge in [0.2, 0.25) is 5.91 Å². The molecule has 4 rings (SSSR count). The first-order valence-electron chi connectivity index (χ1n) is 7.33. The molecule has 3 amide bonds. The van der Waals surface area contributed by atoms with E-state index in [1.54, 1.807) is 0 Å². The van der Waals surface area contributed by atoms with E-state index in [4.69, 9.17) is 0 Å². The number of nitrogens with zero attached hydrogens (tertiary/aromatic N) is 2. The number of piperazine rings is 1. The van der Waals surface area contributed by atoms with Crippen molar-refractivity contribution >= 4 is 17.9 Å². The maximum Gasteiger partial charge on any atom is 0.328 e. The van der Waals surface area contributed by atoms with Gasteiger partial charge in [-0.3, -0.25) is 9.69 Å². The Kier molecular flexibility index (Phi) is 3.71. The molecule has 21 heavy (non-hydrogen) atoms. The highest BCUT2D eigenvalue weighted by Crippen LogP contribution is 2.27. The molecule has 4 saturated heterocycles. The number of nitrogens with one attached hydrogen (secondary N) is 2. The predicted octanol–water partition coefficient (Wildman–Crippen LogP) is -1.32. The Morgan fingerprint density at radius 1 is 1.29 bits per heavy atom. The van der Waals surface area contributed by atoms with Crippen molar-refractivity contribution in [3.63, 3.8) is 0 Å². The van der Waals surface area contributed by atoms with E-state index >= 15 is 0 Å². The lowest BCUT2D eigenvalue weighted by molar-refractivity contribution is -0.144. The molecule has 0 spiro atoms. The van der Waals surface area contributed by atoms with Crippen LogP contribution in [-0.2, 0) is 9.59 Å². The van der Waals surface area contributed by atoms with E-state index in [2.05, 4.69) is 15.5 Å². The van der Waals surface area contributed by atoms with Crippen molar-refractivity contribution in [3.8, 4) is 0 Å². The molecule has 4 aliphatic heterocycles. The largest absolute Gasteiger partial charge is 0.480 e. The molecule has 0 aromatic carbocycles. The Hall–Kier alpha value is -1.83. The van der Waals surface area contributed by atoms with Gasteiger partial charge < -0.3 is 20.6 Å². The Bertz CT molecular complexity index is 461. The van der Waals surface area contributed by atoms with Crippen LogP contribution in [0.4, 0.5) is 4.79 Å². The quantitative estimate of drug-likeness (QED) is 0.586. The second kappa shape index (κ2) is 5.51. The van der Waals surface area contributed by atoms with Crippen LogP contribution in [0.2, 0.25) is 0 Å². The lowest BCUT2D eigenvalue weighted by Crippen LogP contribution is -2.64. The first-order valence-corrected chi connectivity index (χ1v) is 7.33. The average molecular weight is 296 g/mol. The van der Waals surface area contributed by atoms with Crippen LogP contribution in [0.5, 0.6) is 0 Å². The third-order valence-electron chi connectivity index (χ3n) is 4.69. The highest BCUT2D eigenvalue weighted by atomic mass is 16.4. The number of carboxylic acids is 1. The third kappa shape index (κ3) is 2.80. The number of rotatable bonds is 2. The minimum Gasteiger partial charge on any atom is -0.480 e. The van der Waals surface area contributed by atoms with E-state index in [1.807, 2.05) is 0 Å². The Labute approximate surface area is 122 Å². The SMILES string of the molecule is O=C1CN(C(=O)NC2CN3CCC2CC3)C(C(=O)O)CN1. The highest BCUT2D eigenvalue weighted by molar-refractivity contribution is 5.90. The average Bonchev–Trinajstić information content (AvgIpc) is 2.48. The van der Waals surface area contributed by atoms with Crippen LogP contribution < -0.4 is 10.6 Å². The van der Waals surface area contributed by atoms with Gasteiger partial charge in [0, 0.05) is 19.1 Å². The van der Waals surface area contributed by atoms with Crippen molar-refractivity contribution in [3.05, 3.63) is 0 Å². The molecule has 4 fully saturated rings. The molecule has 0 radical (unpaired) electrons. The zero-order valence-corrected chi connectivity index (χ0v) is 11.7. The molecular weight excluding hydrogens is 276 g/mol. The van der Waals surface area contributed by atoms with Gasteiger partial charge in [-0.25, -0.2) is 9.59 Å². The smallest absolute Gasteiger partial charge is 0.328 e. The molecule has 0 aliphatic carbocycles. The number of fused-ring (bicyclic) bond motifs is 3. The molecule has 8 heteroatoms. The van der Waals surface area contributed by atoms with Gasteiger partial charge in [0.25, 0.3) is 0 Å². The number of aliphatic carboxylic acids is 1. The summed E-state index contributed by atoms with van der Waals surface area (Å²) in [6.45, 7) is 2.71. The molecule has 116 valence electrons. The van der Waals surface area contributed by atoms with Gasteiger partial charge in [-0.05, 0) is 31.8 Å². The van der Waals surface area contributed by atoms with Crippen molar-refractivity contribution < 1.29 is 19.5 Å². The fourth-order valence-electron chi connectivity index (χ4n) is 3.45. The Morgan fingerprint density at radius 2 is 2.00 bits per heavy atom. The first kappa shape index (κ1) is 14.1. The molecule has 8 nitrogen and oxygen atoms in total. The van der Waals surface area contributed by atoms with Crippen molar-refractivity contribution in [2.45, 2.75) is 24.9 Å². The van der Waals surface area contributed by atoms with Crippen molar-refractivity contribution in [2.75, 3.05) is 32.7 Å². The highest BCUT2D eigenvalue weighted by Gasteiger charge is 2.39. The lowest BCUT2D eigenvalue weighted by atomic mass is 9.84. The molecule has 2 unspecified atom stereocenters. The standard InChI is InChI=1S/C13H20N4O4/c18-11-7-17(10(5-14-11)12(19)20)13(21)15-9-6-16-3-1-8(9)2-4-16/h8-10H,1-7H2,(H,14,18)(H,15,21)(H,19,20). The van der Waals surface area contributed by atoms with Crippen molar-refractivity contribution in [1.29, 1.82) is 0 Å². The van der Waals surface area contributed by atoms with Crippen LogP contribution in [0.25, 0.3) is 0 Å². The van der Waals surface area contributed by atoms with E-state index in [0.717, 1.165) is 37.4 Å². The summed E-state index contributed by atoms with van der Waals surface area (Å²) in [7, 11) is 0. The lowest BCUT2D eigenvalue weighted by Gasteiger charge is -2.45. The van der Waals surface area contributed by atoms with Gasteiger partial charge in [0.15, 0.2) is 0 Å². The minimum absolute atomic E-state index is 0.0399. The summed E-state index contributed by atoms with van der Waals surface area (Å²) in [6.07, 6.45) is 2.13. The molecule has 4 heterocycles. The van der Waals surface area contributed by atoms with Gasteiger partial charge in [-0.2, -0.15) is 0 Å². The van der Waals surface area contributed by atoms with E-state index < -0.39 is 18.0 Å². The van der Waals surface area contributed by atoms with Crippen LogP contribution >= 0.6 is 0 Å². The molecule has 2 bridgehead atoms. The third-order valence-corrected chi connectivity index (χ3v) is 4.69. The molecule has 0 aromatic rings. The molecule has 4 aliphatic rings. The number of carbonyl (C=O) groups is 3. The van der Waals surface area contributed by atoms with Crippen LogP contribution in [-0.4, -0.2) is 77.6 Å². The summed E-state index contributed by atoms with van der Waals surface area (Å²) in [4.78, 5) is 38.4. The van der Waals surface area contributed by atoms with Gasteiger partial charge >= 0.3 is 12.0 Å². The van der Waals surface area contributed by atoms with Crippen molar-refractivity contribution in [2.24, 2.45) is 5.92 Å². The Balaban J connectivity index is 1.65. The molecule has 2 atom stereocenters. The fraction of sp³-hybridized carbons (Fsp3) is 0.769. The number of hydrogen-bond acceptors (Lipinski definition) is 4. The molecular formula is C13H20N4O4. The van der Waals surface area contributed by atoms with E-state index in [-0.39, 0.29) is 25.0 Å². The Morgan fingerprint density at radius 3 is 2.57 bits per heavy atom. The second-order valence-electron chi connectivity index (χ2n) is 5.98. The summed E-state index contributed by atoms with van der Waals surface area (Å²) in [5.41, 5.74) is 0. The van der Waals surface area contributed by atoms with Crippen molar-refractivity contribution in [1.82, 2.24) is 20.4 Å². The number of amides is 3. The first-order chi connectivity index (χ1) is 10.0. The monoisotopic (exact) mass is 296 g/mol. The van der Waals surface area contributed by atoms with E-state index in [0.29, 0.717) is 5.92 Å².